The molecule has 3 nitrogen and oxygen atoms in total. The van der Waals surface area contributed by atoms with Gasteiger partial charge in [0.1, 0.15) is 0 Å². The largest absolute Gasteiger partial charge is 0.260 e. The Balaban J connectivity index is 2.02. The third-order valence-corrected chi connectivity index (χ3v) is 2.96. The molecule has 0 amide bonds. The molecular formula is C15H13Cl2N3. The van der Waals surface area contributed by atoms with Gasteiger partial charge in [-0.2, -0.15) is 5.10 Å². The molecular weight excluding hydrogens is 293 g/mol. The van der Waals surface area contributed by atoms with Crippen molar-refractivity contribution in [3.8, 4) is 0 Å². The van der Waals surface area contributed by atoms with E-state index in [1.165, 1.54) is 6.20 Å². The molecule has 0 radical (unpaired) electrons. The Morgan fingerprint density at radius 3 is 2.70 bits per heavy atom. The first-order valence-electron chi connectivity index (χ1n) is 5.99. The molecule has 2 aromatic rings. The van der Waals surface area contributed by atoms with E-state index in [0.29, 0.717) is 15.9 Å². The molecule has 1 aromatic heterocycles. The lowest BCUT2D eigenvalue weighted by Gasteiger charge is -2.02. The van der Waals surface area contributed by atoms with Gasteiger partial charge in [-0.3, -0.25) is 5.43 Å². The van der Waals surface area contributed by atoms with Gasteiger partial charge in [0.15, 0.2) is 5.82 Å². The standard InChI is InChI=1S/C15H13Cl2N3/c1-11(7-8-12-5-3-2-4-6-12)19-20-15-14(17)9-13(16)10-18-15/h2-10H,1H3,(H,18,20)/b8-7+,19-11?. The van der Waals surface area contributed by atoms with E-state index in [4.69, 9.17) is 23.2 Å². The summed E-state index contributed by atoms with van der Waals surface area (Å²) < 4.78 is 0. The molecule has 0 saturated carbocycles. The molecule has 2 rings (SSSR count). The summed E-state index contributed by atoms with van der Waals surface area (Å²) in [5, 5.41) is 5.11. The monoisotopic (exact) mass is 305 g/mol. The minimum absolute atomic E-state index is 0.432. The molecule has 20 heavy (non-hydrogen) atoms. The van der Waals surface area contributed by atoms with Crippen LogP contribution in [0.2, 0.25) is 10.0 Å². The van der Waals surface area contributed by atoms with E-state index in [1.807, 2.05) is 49.4 Å². The lowest BCUT2D eigenvalue weighted by Crippen LogP contribution is -1.97. The summed E-state index contributed by atoms with van der Waals surface area (Å²) in [6.07, 6.45) is 5.41. The molecule has 0 fully saturated rings. The first kappa shape index (κ1) is 14.6. The van der Waals surface area contributed by atoms with Crippen LogP contribution in [0.3, 0.4) is 0 Å². The highest BCUT2D eigenvalue weighted by Gasteiger charge is 2.00. The fraction of sp³-hybridized carbons (Fsp3) is 0.0667. The van der Waals surface area contributed by atoms with Crippen LogP contribution in [0.15, 0.2) is 53.8 Å². The first-order chi connectivity index (χ1) is 9.65. The Kier molecular flexibility index (Phi) is 5.16. The van der Waals surface area contributed by atoms with Crippen LogP contribution < -0.4 is 5.43 Å². The van der Waals surface area contributed by atoms with Crippen molar-refractivity contribution in [3.63, 3.8) is 0 Å². The Labute approximate surface area is 128 Å². The van der Waals surface area contributed by atoms with Gasteiger partial charge in [0.25, 0.3) is 0 Å². The number of nitrogens with zero attached hydrogens (tertiary/aromatic N) is 2. The smallest absolute Gasteiger partial charge is 0.165 e. The Morgan fingerprint density at radius 1 is 1.25 bits per heavy atom. The SMILES string of the molecule is CC(/C=C/c1ccccc1)=NNc1ncc(Cl)cc1Cl. The maximum Gasteiger partial charge on any atom is 0.165 e. The molecule has 1 N–H and O–H groups in total. The Hall–Kier alpha value is -1.84. The number of aromatic nitrogens is 1. The van der Waals surface area contributed by atoms with Crippen molar-refractivity contribution in [2.24, 2.45) is 5.10 Å². The maximum absolute atomic E-state index is 5.99. The fourth-order valence-electron chi connectivity index (χ4n) is 1.46. The normalized spacial score (nSPS) is 11.8. The minimum Gasteiger partial charge on any atom is -0.260 e. The average molecular weight is 306 g/mol. The zero-order chi connectivity index (χ0) is 14.4. The third kappa shape index (κ3) is 4.37. The van der Waals surface area contributed by atoms with Gasteiger partial charge in [-0.25, -0.2) is 4.98 Å². The van der Waals surface area contributed by atoms with E-state index in [2.05, 4.69) is 15.5 Å². The van der Waals surface area contributed by atoms with Crippen molar-refractivity contribution in [2.45, 2.75) is 6.92 Å². The molecule has 0 aliphatic carbocycles. The quantitative estimate of drug-likeness (QED) is 0.645. The molecule has 0 aliphatic heterocycles. The van der Waals surface area contributed by atoms with E-state index in [0.717, 1.165) is 11.3 Å². The van der Waals surface area contributed by atoms with Crippen molar-refractivity contribution in [1.82, 2.24) is 4.98 Å². The van der Waals surface area contributed by atoms with E-state index >= 15 is 0 Å². The number of anilines is 1. The highest BCUT2D eigenvalue weighted by molar-refractivity contribution is 6.35. The van der Waals surface area contributed by atoms with Gasteiger partial charge >= 0.3 is 0 Å². The van der Waals surface area contributed by atoms with E-state index in [1.54, 1.807) is 6.07 Å². The van der Waals surface area contributed by atoms with Crippen molar-refractivity contribution >= 4 is 40.8 Å². The van der Waals surface area contributed by atoms with Crippen molar-refractivity contribution in [1.29, 1.82) is 0 Å². The molecule has 0 bridgehead atoms. The van der Waals surface area contributed by atoms with Gasteiger partial charge in [0.2, 0.25) is 0 Å². The topological polar surface area (TPSA) is 37.3 Å². The number of nitrogens with one attached hydrogen (secondary N) is 1. The predicted octanol–water partition coefficient (Wildman–Crippen LogP) is 4.89. The third-order valence-electron chi connectivity index (χ3n) is 2.46. The second kappa shape index (κ2) is 7.08. The van der Waals surface area contributed by atoms with Crippen molar-refractivity contribution in [2.75, 3.05) is 5.43 Å². The zero-order valence-corrected chi connectivity index (χ0v) is 12.4. The highest BCUT2D eigenvalue weighted by Crippen LogP contribution is 2.22. The van der Waals surface area contributed by atoms with Crippen LogP contribution in [0, 0.1) is 0 Å². The molecule has 1 aromatic carbocycles. The van der Waals surface area contributed by atoms with Crippen LogP contribution >= 0.6 is 23.2 Å². The summed E-state index contributed by atoms with van der Waals surface area (Å²) in [6.45, 7) is 1.89. The molecule has 0 atom stereocenters. The summed E-state index contributed by atoms with van der Waals surface area (Å²) in [4.78, 5) is 4.06. The number of pyridine rings is 1. The summed E-state index contributed by atoms with van der Waals surface area (Å²) in [7, 11) is 0. The van der Waals surface area contributed by atoms with Crippen LogP contribution in [-0.2, 0) is 0 Å². The highest BCUT2D eigenvalue weighted by atomic mass is 35.5. The van der Waals surface area contributed by atoms with Crippen LogP contribution in [0.25, 0.3) is 6.08 Å². The number of halogens is 2. The molecule has 5 heteroatoms. The molecule has 1 heterocycles. The zero-order valence-electron chi connectivity index (χ0n) is 10.8. The minimum atomic E-state index is 0.432. The number of hydrogen-bond acceptors (Lipinski definition) is 3. The molecule has 0 saturated heterocycles. The van der Waals surface area contributed by atoms with Gasteiger partial charge in [-0.1, -0.05) is 59.6 Å². The van der Waals surface area contributed by atoms with Crippen LogP contribution in [0.4, 0.5) is 5.82 Å². The Bertz CT molecular complexity index is 637. The Morgan fingerprint density at radius 2 is 2.00 bits per heavy atom. The van der Waals surface area contributed by atoms with Gasteiger partial charge in [-0.05, 0) is 24.6 Å². The lowest BCUT2D eigenvalue weighted by molar-refractivity contribution is 1.22. The predicted molar refractivity (Wildman–Crippen MR) is 86.5 cm³/mol. The molecule has 102 valence electrons. The van der Waals surface area contributed by atoms with E-state index in [9.17, 15) is 0 Å². The van der Waals surface area contributed by atoms with Crippen LogP contribution in [0.5, 0.6) is 0 Å². The molecule has 0 aliphatic rings. The lowest BCUT2D eigenvalue weighted by atomic mass is 10.2. The van der Waals surface area contributed by atoms with E-state index in [-0.39, 0.29) is 0 Å². The average Bonchev–Trinajstić information content (AvgIpc) is 2.45. The summed E-state index contributed by atoms with van der Waals surface area (Å²) in [5.74, 6) is 0.475. The van der Waals surface area contributed by atoms with Crippen molar-refractivity contribution in [3.05, 3.63) is 64.3 Å². The van der Waals surface area contributed by atoms with Gasteiger partial charge in [-0.15, -0.1) is 0 Å². The van der Waals surface area contributed by atoms with Crippen LogP contribution in [0.1, 0.15) is 12.5 Å². The fourth-order valence-corrected chi connectivity index (χ4v) is 1.88. The van der Waals surface area contributed by atoms with Gasteiger partial charge in [0, 0.05) is 6.20 Å². The molecule has 0 spiro atoms. The van der Waals surface area contributed by atoms with E-state index < -0.39 is 0 Å². The number of rotatable bonds is 4. The second-order valence-corrected chi connectivity index (χ2v) is 4.94. The number of hydrazone groups is 1. The summed E-state index contributed by atoms with van der Waals surface area (Å²) in [5.41, 5.74) is 4.73. The number of allylic oxidation sites excluding steroid dienone is 1. The number of benzene rings is 1. The van der Waals surface area contributed by atoms with Crippen LogP contribution in [-0.4, -0.2) is 10.7 Å². The number of hydrogen-bond donors (Lipinski definition) is 1. The maximum atomic E-state index is 5.99. The summed E-state index contributed by atoms with van der Waals surface area (Å²) in [6, 6.07) is 11.6. The van der Waals surface area contributed by atoms with Gasteiger partial charge in [0.05, 0.1) is 15.8 Å². The van der Waals surface area contributed by atoms with Crippen molar-refractivity contribution < 1.29 is 0 Å². The second-order valence-electron chi connectivity index (χ2n) is 4.09. The molecule has 0 unspecified atom stereocenters. The summed E-state index contributed by atoms with van der Waals surface area (Å²) >= 11 is 11.8. The first-order valence-corrected chi connectivity index (χ1v) is 6.75. The van der Waals surface area contributed by atoms with Gasteiger partial charge < -0.3 is 0 Å².